The third-order valence-electron chi connectivity index (χ3n) is 8.55. The van der Waals surface area contributed by atoms with Crippen LogP contribution in [-0.2, 0) is 41.1 Å². The number of benzene rings is 2. The van der Waals surface area contributed by atoms with Crippen molar-refractivity contribution in [1.82, 2.24) is 39.0 Å². The van der Waals surface area contributed by atoms with Crippen LogP contribution < -0.4 is 5.32 Å². The lowest BCUT2D eigenvalue weighted by Crippen LogP contribution is -2.39. The molecule has 1 fully saturated rings. The number of aryl methyl sites for hydroxylation is 2. The van der Waals surface area contributed by atoms with Crippen molar-refractivity contribution in [3.05, 3.63) is 78.2 Å². The number of rotatable bonds is 4. The van der Waals surface area contributed by atoms with Crippen molar-refractivity contribution in [2.24, 2.45) is 14.1 Å². The van der Waals surface area contributed by atoms with Crippen LogP contribution >= 0.6 is 0 Å². The second-order valence-corrected chi connectivity index (χ2v) is 12.8. The number of hydrogen-bond donors (Lipinski definition) is 1. The van der Waals surface area contributed by atoms with Gasteiger partial charge < -0.3 is 10.1 Å². The normalized spacial score (nSPS) is 16.5. The zero-order valence-electron chi connectivity index (χ0n) is 23.1. The summed E-state index contributed by atoms with van der Waals surface area (Å²) in [6.45, 7) is 2.04. The molecule has 6 aromatic rings. The van der Waals surface area contributed by atoms with Gasteiger partial charge in [-0.3, -0.25) is 9.36 Å². The van der Waals surface area contributed by atoms with Gasteiger partial charge >= 0.3 is 0 Å². The quantitative estimate of drug-likeness (QED) is 0.335. The van der Waals surface area contributed by atoms with Crippen molar-refractivity contribution in [2.45, 2.75) is 29.9 Å². The predicted octanol–water partition coefficient (Wildman–Crippen LogP) is 3.73. The number of nitrogens with zero attached hydrogens (tertiary/aromatic N) is 7. The highest BCUT2D eigenvalue weighted by molar-refractivity contribution is 7.90. The molecule has 212 valence electrons. The highest BCUT2D eigenvalue weighted by Gasteiger charge is 2.45. The standard InChI is InChI=1S/C30H28N8O3S/c1-36-17-23(34-35-36)28-25(19-8-9-24-20(14-19)16-33-37(24)2)26-27-21(18-41-30(27)10-12-31-13-11-30)15-32-29(26)38(28)42(39,40)22-6-4-3-5-7-22/h3-9,14-17,31H,10-13,18H2,1-2H3. The van der Waals surface area contributed by atoms with Crippen LogP contribution in [0.3, 0.4) is 0 Å². The predicted molar refractivity (Wildman–Crippen MR) is 157 cm³/mol. The summed E-state index contributed by atoms with van der Waals surface area (Å²) in [4.78, 5) is 5.01. The van der Waals surface area contributed by atoms with Crippen molar-refractivity contribution >= 4 is 32.0 Å². The smallest absolute Gasteiger partial charge is 0.270 e. The van der Waals surface area contributed by atoms with Gasteiger partial charge in [-0.25, -0.2) is 17.4 Å². The highest BCUT2D eigenvalue weighted by atomic mass is 32.2. The van der Waals surface area contributed by atoms with Crippen LogP contribution in [0.2, 0.25) is 0 Å². The number of ether oxygens (including phenoxy) is 1. The van der Waals surface area contributed by atoms with E-state index in [9.17, 15) is 8.42 Å². The molecule has 0 saturated carbocycles. The van der Waals surface area contributed by atoms with E-state index in [0.29, 0.717) is 23.6 Å². The first kappa shape index (κ1) is 25.3. The van der Waals surface area contributed by atoms with E-state index < -0.39 is 15.6 Å². The SMILES string of the molecule is Cn1cc(-c2c(-c3ccc4c(cnn4C)c3)c3c4c(cnc3n2S(=O)(=O)c2ccccc2)COC42CCNCC2)nn1. The van der Waals surface area contributed by atoms with E-state index in [2.05, 4.69) is 26.8 Å². The first-order valence-electron chi connectivity index (χ1n) is 13.9. The first-order valence-corrected chi connectivity index (χ1v) is 15.3. The Morgan fingerprint density at radius 1 is 1.02 bits per heavy atom. The Bertz CT molecular complexity index is 2120. The average Bonchev–Trinajstić information content (AvgIpc) is 3.77. The van der Waals surface area contributed by atoms with Gasteiger partial charge in [0.25, 0.3) is 10.0 Å². The molecule has 42 heavy (non-hydrogen) atoms. The minimum absolute atomic E-state index is 0.163. The molecule has 0 radical (unpaired) electrons. The van der Waals surface area contributed by atoms with Gasteiger partial charge in [-0.2, -0.15) is 5.10 Å². The number of fused-ring (bicyclic) bond motifs is 5. The number of nitrogens with one attached hydrogen (secondary N) is 1. The summed E-state index contributed by atoms with van der Waals surface area (Å²) in [5.41, 5.74) is 5.21. The summed E-state index contributed by atoms with van der Waals surface area (Å²) in [7, 11) is -0.442. The molecular formula is C30H28N8O3S. The molecule has 1 spiro atoms. The average molecular weight is 581 g/mol. The monoisotopic (exact) mass is 580 g/mol. The lowest BCUT2D eigenvalue weighted by molar-refractivity contribution is -0.0582. The minimum Gasteiger partial charge on any atom is -0.365 e. The van der Waals surface area contributed by atoms with Crippen molar-refractivity contribution < 1.29 is 13.2 Å². The molecule has 2 aromatic carbocycles. The lowest BCUT2D eigenvalue weighted by atomic mass is 9.81. The number of piperidine rings is 1. The van der Waals surface area contributed by atoms with Crippen LogP contribution in [0.1, 0.15) is 24.0 Å². The van der Waals surface area contributed by atoms with E-state index in [-0.39, 0.29) is 4.90 Å². The van der Waals surface area contributed by atoms with Crippen LogP contribution in [0, 0.1) is 0 Å². The van der Waals surface area contributed by atoms with E-state index >= 15 is 0 Å². The fraction of sp³-hybridized carbons (Fsp3) is 0.267. The maximum atomic E-state index is 14.6. The molecule has 0 unspecified atom stereocenters. The Morgan fingerprint density at radius 3 is 2.60 bits per heavy atom. The summed E-state index contributed by atoms with van der Waals surface area (Å²) < 4.78 is 40.5. The summed E-state index contributed by atoms with van der Waals surface area (Å²) in [6.07, 6.45) is 6.89. The van der Waals surface area contributed by atoms with Gasteiger partial charge in [-0.15, -0.1) is 5.10 Å². The zero-order valence-corrected chi connectivity index (χ0v) is 24.0. The Hall–Kier alpha value is -4.39. The van der Waals surface area contributed by atoms with Gasteiger partial charge in [-0.05, 0) is 55.8 Å². The molecule has 2 aliphatic heterocycles. The number of aromatic nitrogens is 7. The van der Waals surface area contributed by atoms with Gasteiger partial charge in [-0.1, -0.05) is 29.5 Å². The molecule has 11 nitrogen and oxygen atoms in total. The van der Waals surface area contributed by atoms with E-state index in [4.69, 9.17) is 9.72 Å². The second-order valence-electron chi connectivity index (χ2n) is 11.0. The zero-order chi connectivity index (χ0) is 28.6. The van der Waals surface area contributed by atoms with Crippen LogP contribution in [0.25, 0.3) is 44.5 Å². The third kappa shape index (κ3) is 3.55. The van der Waals surface area contributed by atoms with E-state index in [1.807, 2.05) is 30.1 Å². The van der Waals surface area contributed by atoms with E-state index in [1.54, 1.807) is 54.5 Å². The van der Waals surface area contributed by atoms with Crippen LogP contribution in [0.4, 0.5) is 0 Å². The summed E-state index contributed by atoms with van der Waals surface area (Å²) in [5, 5.41) is 18.2. The van der Waals surface area contributed by atoms with Crippen LogP contribution in [0.5, 0.6) is 0 Å². The number of pyridine rings is 1. The molecule has 6 heterocycles. The summed E-state index contributed by atoms with van der Waals surface area (Å²) in [5.74, 6) is 0. The molecule has 2 aliphatic rings. The minimum atomic E-state index is -4.11. The maximum Gasteiger partial charge on any atom is 0.270 e. The molecular weight excluding hydrogens is 552 g/mol. The molecule has 0 atom stereocenters. The van der Waals surface area contributed by atoms with Crippen molar-refractivity contribution in [2.75, 3.05) is 13.1 Å². The summed E-state index contributed by atoms with van der Waals surface area (Å²) in [6, 6.07) is 14.5. The van der Waals surface area contributed by atoms with Gasteiger partial charge in [0.05, 0.1) is 40.7 Å². The van der Waals surface area contributed by atoms with Crippen LogP contribution in [-0.4, -0.2) is 55.2 Å². The maximum absolute atomic E-state index is 14.6. The second kappa shape index (κ2) is 9.05. The molecule has 4 aromatic heterocycles. The van der Waals surface area contributed by atoms with Crippen molar-refractivity contribution in [3.63, 3.8) is 0 Å². The molecule has 8 rings (SSSR count). The Kier molecular flexibility index (Phi) is 5.46. The largest absolute Gasteiger partial charge is 0.365 e. The highest BCUT2D eigenvalue weighted by Crippen LogP contribution is 2.51. The van der Waals surface area contributed by atoms with Gasteiger partial charge in [0.2, 0.25) is 0 Å². The molecule has 1 saturated heterocycles. The molecule has 0 bridgehead atoms. The van der Waals surface area contributed by atoms with Gasteiger partial charge in [0, 0.05) is 47.8 Å². The van der Waals surface area contributed by atoms with E-state index in [0.717, 1.165) is 64.5 Å². The Balaban J connectivity index is 1.57. The number of hydrogen-bond acceptors (Lipinski definition) is 8. The molecule has 0 amide bonds. The Labute approximate surface area is 241 Å². The topological polar surface area (TPSA) is 122 Å². The molecule has 12 heteroatoms. The fourth-order valence-corrected chi connectivity index (χ4v) is 8.12. The lowest BCUT2D eigenvalue weighted by Gasteiger charge is -2.34. The molecule has 1 N–H and O–H groups in total. The van der Waals surface area contributed by atoms with Gasteiger partial charge in [0.1, 0.15) is 5.69 Å². The van der Waals surface area contributed by atoms with Gasteiger partial charge in [0.15, 0.2) is 5.65 Å². The first-order chi connectivity index (χ1) is 20.4. The van der Waals surface area contributed by atoms with Crippen molar-refractivity contribution in [1.29, 1.82) is 0 Å². The fourth-order valence-electron chi connectivity index (χ4n) is 6.62. The third-order valence-corrected chi connectivity index (χ3v) is 10.3. The van der Waals surface area contributed by atoms with E-state index in [1.165, 1.54) is 3.97 Å². The summed E-state index contributed by atoms with van der Waals surface area (Å²) >= 11 is 0. The Morgan fingerprint density at radius 2 is 1.83 bits per heavy atom. The molecule has 0 aliphatic carbocycles. The van der Waals surface area contributed by atoms with Crippen molar-refractivity contribution in [3.8, 4) is 22.5 Å². The van der Waals surface area contributed by atoms with Crippen LogP contribution in [0.15, 0.2) is 72.0 Å².